The Morgan fingerprint density at radius 2 is 1.85 bits per heavy atom. The van der Waals surface area contributed by atoms with Crippen molar-refractivity contribution in [3.63, 3.8) is 0 Å². The van der Waals surface area contributed by atoms with Crippen molar-refractivity contribution >= 4 is 35.6 Å². The van der Waals surface area contributed by atoms with Crippen LogP contribution in [-0.4, -0.2) is 56.4 Å². The molecular formula is C20H32IN3O2. The number of hydrogen-bond donors (Lipinski definition) is 1. The third kappa shape index (κ3) is 7.40. The highest BCUT2D eigenvalue weighted by Crippen LogP contribution is 2.13. The van der Waals surface area contributed by atoms with E-state index in [1.165, 1.54) is 19.3 Å². The molecule has 26 heavy (non-hydrogen) atoms. The van der Waals surface area contributed by atoms with Crippen LogP contribution in [0, 0.1) is 0 Å². The summed E-state index contributed by atoms with van der Waals surface area (Å²) in [5, 5.41) is 3.51. The van der Waals surface area contributed by atoms with Gasteiger partial charge in [-0.3, -0.25) is 4.99 Å². The number of likely N-dealkylation sites (tertiary alicyclic amines) is 1. The minimum Gasteiger partial charge on any atom is -0.381 e. The largest absolute Gasteiger partial charge is 0.381 e. The maximum absolute atomic E-state index is 5.95. The second-order valence-corrected chi connectivity index (χ2v) is 6.78. The molecule has 0 bridgehead atoms. The highest BCUT2D eigenvalue weighted by Gasteiger charge is 2.15. The Kier molecular flexibility index (Phi) is 10.3. The van der Waals surface area contributed by atoms with E-state index in [1.807, 2.05) is 6.07 Å². The molecule has 1 aromatic carbocycles. The van der Waals surface area contributed by atoms with Crippen molar-refractivity contribution in [2.45, 2.75) is 44.6 Å². The van der Waals surface area contributed by atoms with Crippen LogP contribution < -0.4 is 5.32 Å². The number of halogens is 1. The van der Waals surface area contributed by atoms with Crippen LogP contribution in [0.2, 0.25) is 0 Å². The number of benzene rings is 1. The molecule has 0 aromatic heterocycles. The zero-order valence-electron chi connectivity index (χ0n) is 15.6. The van der Waals surface area contributed by atoms with Crippen LogP contribution in [-0.2, 0) is 9.47 Å². The SMILES string of the molecule is I.c1ccc(NC(=NCCCOC2CCOCC2)N2CCCCC2)cc1. The van der Waals surface area contributed by atoms with Crippen molar-refractivity contribution in [3.05, 3.63) is 30.3 Å². The summed E-state index contributed by atoms with van der Waals surface area (Å²) < 4.78 is 11.3. The molecule has 0 unspecified atom stereocenters. The van der Waals surface area contributed by atoms with Gasteiger partial charge in [-0.25, -0.2) is 0 Å². The number of hydrogen-bond acceptors (Lipinski definition) is 3. The van der Waals surface area contributed by atoms with Gasteiger partial charge in [0.15, 0.2) is 5.96 Å². The zero-order valence-corrected chi connectivity index (χ0v) is 17.9. The lowest BCUT2D eigenvalue weighted by Crippen LogP contribution is -2.40. The molecule has 3 rings (SSSR count). The van der Waals surface area contributed by atoms with E-state index >= 15 is 0 Å². The van der Waals surface area contributed by atoms with Crippen molar-refractivity contribution < 1.29 is 9.47 Å². The van der Waals surface area contributed by atoms with E-state index in [2.05, 4.69) is 34.5 Å². The Morgan fingerprint density at radius 1 is 1.12 bits per heavy atom. The number of anilines is 1. The fourth-order valence-corrected chi connectivity index (χ4v) is 3.32. The second-order valence-electron chi connectivity index (χ2n) is 6.78. The minimum absolute atomic E-state index is 0. The predicted molar refractivity (Wildman–Crippen MR) is 118 cm³/mol. The Morgan fingerprint density at radius 3 is 2.58 bits per heavy atom. The second kappa shape index (κ2) is 12.5. The minimum atomic E-state index is 0. The van der Waals surface area contributed by atoms with E-state index < -0.39 is 0 Å². The number of aliphatic imine (C=N–C) groups is 1. The summed E-state index contributed by atoms with van der Waals surface area (Å²) in [5.41, 5.74) is 1.10. The number of nitrogens with one attached hydrogen (secondary N) is 1. The monoisotopic (exact) mass is 473 g/mol. The van der Waals surface area contributed by atoms with Gasteiger partial charge in [0, 0.05) is 45.1 Å². The van der Waals surface area contributed by atoms with E-state index in [9.17, 15) is 0 Å². The van der Waals surface area contributed by atoms with Gasteiger partial charge in [-0.2, -0.15) is 0 Å². The summed E-state index contributed by atoms with van der Waals surface area (Å²) in [5.74, 6) is 1.01. The Labute approximate surface area is 174 Å². The first-order chi connectivity index (χ1) is 12.4. The highest BCUT2D eigenvalue weighted by molar-refractivity contribution is 14.0. The van der Waals surface area contributed by atoms with Gasteiger partial charge in [-0.05, 0) is 50.7 Å². The lowest BCUT2D eigenvalue weighted by molar-refractivity contribution is -0.0318. The molecule has 2 fully saturated rings. The van der Waals surface area contributed by atoms with Gasteiger partial charge in [-0.15, -0.1) is 24.0 Å². The number of rotatable bonds is 6. The maximum atomic E-state index is 5.95. The summed E-state index contributed by atoms with van der Waals surface area (Å²) in [6.07, 6.45) is 7.22. The number of guanidine groups is 1. The van der Waals surface area contributed by atoms with Crippen molar-refractivity contribution in [1.82, 2.24) is 4.90 Å². The van der Waals surface area contributed by atoms with Gasteiger partial charge in [0.05, 0.1) is 6.10 Å². The van der Waals surface area contributed by atoms with Crippen molar-refractivity contribution in [2.75, 3.05) is 44.8 Å². The van der Waals surface area contributed by atoms with Crippen LogP contribution in [0.4, 0.5) is 5.69 Å². The molecule has 6 heteroatoms. The van der Waals surface area contributed by atoms with Crippen LogP contribution in [0.3, 0.4) is 0 Å². The van der Waals surface area contributed by atoms with Gasteiger partial charge in [0.2, 0.25) is 0 Å². The van der Waals surface area contributed by atoms with Crippen molar-refractivity contribution in [2.24, 2.45) is 4.99 Å². The van der Waals surface area contributed by atoms with Gasteiger partial charge in [0.1, 0.15) is 0 Å². The highest BCUT2D eigenvalue weighted by atomic mass is 127. The zero-order chi connectivity index (χ0) is 17.2. The number of nitrogens with zero attached hydrogens (tertiary/aromatic N) is 2. The molecule has 1 N–H and O–H groups in total. The first-order valence-electron chi connectivity index (χ1n) is 9.72. The molecule has 2 aliphatic heterocycles. The summed E-state index contributed by atoms with van der Waals surface area (Å²) in [7, 11) is 0. The smallest absolute Gasteiger partial charge is 0.198 e. The average molecular weight is 473 g/mol. The molecule has 2 saturated heterocycles. The molecular weight excluding hydrogens is 441 g/mol. The topological polar surface area (TPSA) is 46.1 Å². The van der Waals surface area contributed by atoms with E-state index in [0.29, 0.717) is 6.10 Å². The molecule has 146 valence electrons. The maximum Gasteiger partial charge on any atom is 0.198 e. The molecule has 0 amide bonds. The quantitative estimate of drug-likeness (QED) is 0.292. The molecule has 2 aliphatic rings. The summed E-state index contributed by atoms with van der Waals surface area (Å²) >= 11 is 0. The molecule has 0 saturated carbocycles. The lowest BCUT2D eigenvalue weighted by Gasteiger charge is -2.30. The van der Waals surface area contributed by atoms with Gasteiger partial charge >= 0.3 is 0 Å². The summed E-state index contributed by atoms with van der Waals surface area (Å²) in [4.78, 5) is 7.24. The van der Waals surface area contributed by atoms with Gasteiger partial charge in [-0.1, -0.05) is 18.2 Å². The Balaban J connectivity index is 0.00000243. The molecule has 0 atom stereocenters. The van der Waals surface area contributed by atoms with Gasteiger partial charge < -0.3 is 19.7 Å². The molecule has 5 nitrogen and oxygen atoms in total. The first kappa shape index (κ1) is 21.4. The first-order valence-corrected chi connectivity index (χ1v) is 9.72. The summed E-state index contributed by atoms with van der Waals surface area (Å²) in [6.45, 7) is 5.45. The fourth-order valence-electron chi connectivity index (χ4n) is 3.32. The average Bonchev–Trinajstić information content (AvgIpc) is 2.69. The van der Waals surface area contributed by atoms with Gasteiger partial charge in [0.25, 0.3) is 0 Å². The number of ether oxygens (including phenoxy) is 2. The molecule has 2 heterocycles. The normalized spacial score (nSPS) is 19.1. The third-order valence-electron chi connectivity index (χ3n) is 4.77. The van der Waals surface area contributed by atoms with E-state index in [4.69, 9.17) is 14.5 Å². The standard InChI is InChI=1S/C20H31N3O2.HI/c1-3-8-18(9-4-1)22-20(23-13-5-2-6-14-23)21-12-7-15-25-19-10-16-24-17-11-19;/h1,3-4,8-9,19H,2,5-7,10-17H2,(H,21,22);1H. The van der Waals surface area contributed by atoms with Crippen molar-refractivity contribution in [1.29, 1.82) is 0 Å². The fraction of sp³-hybridized carbons (Fsp3) is 0.650. The summed E-state index contributed by atoms with van der Waals surface area (Å²) in [6, 6.07) is 10.3. The van der Waals surface area contributed by atoms with Crippen LogP contribution in [0.5, 0.6) is 0 Å². The number of piperidine rings is 1. The molecule has 1 aromatic rings. The van der Waals surface area contributed by atoms with E-state index in [-0.39, 0.29) is 24.0 Å². The number of para-hydroxylation sites is 1. The van der Waals surface area contributed by atoms with Crippen LogP contribution in [0.15, 0.2) is 35.3 Å². The third-order valence-corrected chi connectivity index (χ3v) is 4.77. The molecule has 0 aliphatic carbocycles. The van der Waals surface area contributed by atoms with Crippen LogP contribution in [0.25, 0.3) is 0 Å². The van der Waals surface area contributed by atoms with E-state index in [1.54, 1.807) is 0 Å². The van der Waals surface area contributed by atoms with E-state index in [0.717, 1.165) is 70.4 Å². The Hall–Kier alpha value is -0.860. The Bertz CT molecular complexity index is 515. The lowest BCUT2D eigenvalue weighted by atomic mass is 10.1. The molecule has 0 radical (unpaired) electrons. The van der Waals surface area contributed by atoms with Crippen LogP contribution >= 0.6 is 24.0 Å². The van der Waals surface area contributed by atoms with Crippen molar-refractivity contribution in [3.8, 4) is 0 Å². The van der Waals surface area contributed by atoms with Crippen LogP contribution in [0.1, 0.15) is 38.5 Å². The molecule has 0 spiro atoms. The predicted octanol–water partition coefficient (Wildman–Crippen LogP) is 4.14.